The first-order valence-electron chi connectivity index (χ1n) is 8.41. The molecule has 0 bridgehead atoms. The Morgan fingerprint density at radius 1 is 1.26 bits per heavy atom. The van der Waals surface area contributed by atoms with E-state index in [1.165, 1.54) is 6.42 Å². The Balaban J connectivity index is 1.85. The third kappa shape index (κ3) is 5.06. The number of hydrogen-bond acceptors (Lipinski definition) is 3. The molecule has 5 nitrogen and oxygen atoms in total. The summed E-state index contributed by atoms with van der Waals surface area (Å²) >= 11 is 0. The van der Waals surface area contributed by atoms with Gasteiger partial charge < -0.3 is 5.32 Å². The van der Waals surface area contributed by atoms with Crippen LogP contribution in [0.5, 0.6) is 0 Å². The average Bonchev–Trinajstić information content (AvgIpc) is 2.50. The molecule has 1 aliphatic heterocycles. The molecule has 1 aromatic carbocycles. The van der Waals surface area contributed by atoms with Crippen molar-refractivity contribution in [2.45, 2.75) is 52.5 Å². The maximum atomic E-state index is 12.1. The number of anilines is 1. The molecule has 2 N–H and O–H groups in total. The molecule has 1 heterocycles. The molecule has 1 unspecified atom stereocenters. The highest BCUT2D eigenvalue weighted by Crippen LogP contribution is 2.19. The van der Waals surface area contributed by atoms with Crippen molar-refractivity contribution in [3.8, 4) is 0 Å². The van der Waals surface area contributed by atoms with Gasteiger partial charge in [-0.3, -0.25) is 15.0 Å². The van der Waals surface area contributed by atoms with Gasteiger partial charge in [-0.05, 0) is 51.3 Å². The highest BCUT2D eigenvalue weighted by Gasteiger charge is 2.23. The van der Waals surface area contributed by atoms with Crippen LogP contribution in [0.25, 0.3) is 0 Å². The van der Waals surface area contributed by atoms with E-state index in [0.717, 1.165) is 42.6 Å². The van der Waals surface area contributed by atoms with Crippen LogP contribution in [0.4, 0.5) is 10.5 Å². The number of nitrogens with one attached hydrogen (secondary N) is 2. The van der Waals surface area contributed by atoms with E-state index >= 15 is 0 Å². The number of carbonyl (C=O) groups is 2. The van der Waals surface area contributed by atoms with Crippen molar-refractivity contribution in [2.24, 2.45) is 0 Å². The summed E-state index contributed by atoms with van der Waals surface area (Å²) < 4.78 is 0. The first-order valence-corrected chi connectivity index (χ1v) is 8.41. The summed E-state index contributed by atoms with van der Waals surface area (Å²) in [4.78, 5) is 26.3. The van der Waals surface area contributed by atoms with E-state index in [1.807, 2.05) is 32.0 Å². The SMILES string of the molecule is CCC1CCCCN1CC(=O)NC(=O)Nc1ccc(C)cc1C. The van der Waals surface area contributed by atoms with E-state index in [9.17, 15) is 9.59 Å². The number of hydrogen-bond donors (Lipinski definition) is 2. The first kappa shape index (κ1) is 17.5. The standard InChI is InChI=1S/C18H27N3O2/c1-4-15-7-5-6-10-21(15)12-17(22)20-18(23)19-16-9-8-13(2)11-14(16)3/h8-9,11,15H,4-7,10,12H2,1-3H3,(H2,19,20,22,23). The third-order valence-electron chi connectivity index (χ3n) is 4.45. The zero-order valence-corrected chi connectivity index (χ0v) is 14.3. The molecule has 126 valence electrons. The minimum absolute atomic E-state index is 0.243. The molecule has 2 rings (SSSR count). The molecular weight excluding hydrogens is 290 g/mol. The van der Waals surface area contributed by atoms with E-state index in [0.29, 0.717) is 12.6 Å². The van der Waals surface area contributed by atoms with Crippen molar-refractivity contribution in [1.82, 2.24) is 10.2 Å². The Labute approximate surface area is 138 Å². The number of carbonyl (C=O) groups excluding carboxylic acids is 2. The molecule has 1 atom stereocenters. The summed E-state index contributed by atoms with van der Waals surface area (Å²) in [5, 5.41) is 5.17. The quantitative estimate of drug-likeness (QED) is 0.896. The van der Waals surface area contributed by atoms with Gasteiger partial charge in [0.25, 0.3) is 0 Å². The van der Waals surface area contributed by atoms with Crippen molar-refractivity contribution in [3.05, 3.63) is 29.3 Å². The zero-order valence-electron chi connectivity index (χ0n) is 14.3. The predicted molar refractivity (Wildman–Crippen MR) is 92.6 cm³/mol. The van der Waals surface area contributed by atoms with Gasteiger partial charge in [-0.25, -0.2) is 4.79 Å². The van der Waals surface area contributed by atoms with Crippen LogP contribution >= 0.6 is 0 Å². The van der Waals surface area contributed by atoms with Gasteiger partial charge in [0.15, 0.2) is 0 Å². The second-order valence-electron chi connectivity index (χ2n) is 6.35. The van der Waals surface area contributed by atoms with Gasteiger partial charge in [-0.15, -0.1) is 0 Å². The van der Waals surface area contributed by atoms with Crippen molar-refractivity contribution in [2.75, 3.05) is 18.4 Å². The maximum absolute atomic E-state index is 12.1. The van der Waals surface area contributed by atoms with Crippen LogP contribution in [-0.2, 0) is 4.79 Å². The smallest absolute Gasteiger partial charge is 0.307 e. The number of amides is 3. The van der Waals surface area contributed by atoms with Crippen LogP contribution in [0.1, 0.15) is 43.7 Å². The summed E-state index contributed by atoms with van der Waals surface area (Å²) in [6.07, 6.45) is 4.53. The number of urea groups is 1. The molecule has 0 aromatic heterocycles. The molecule has 3 amide bonds. The highest BCUT2D eigenvalue weighted by molar-refractivity contribution is 6.02. The molecule has 1 saturated heterocycles. The Kier molecular flexibility index (Phi) is 6.16. The number of likely N-dealkylation sites (tertiary alicyclic amines) is 1. The Hall–Kier alpha value is -1.88. The number of aryl methyl sites for hydroxylation is 2. The Morgan fingerprint density at radius 2 is 2.04 bits per heavy atom. The predicted octanol–water partition coefficient (Wildman–Crippen LogP) is 3.22. The number of imide groups is 1. The van der Waals surface area contributed by atoms with Crippen molar-refractivity contribution >= 4 is 17.6 Å². The van der Waals surface area contributed by atoms with E-state index in [2.05, 4.69) is 22.5 Å². The lowest BCUT2D eigenvalue weighted by molar-refractivity contribution is -0.122. The molecule has 0 spiro atoms. The first-order chi connectivity index (χ1) is 11.0. The van der Waals surface area contributed by atoms with Crippen molar-refractivity contribution in [1.29, 1.82) is 0 Å². The van der Waals surface area contributed by atoms with Crippen LogP contribution in [0.15, 0.2) is 18.2 Å². The third-order valence-corrected chi connectivity index (χ3v) is 4.45. The highest BCUT2D eigenvalue weighted by atomic mass is 16.2. The van der Waals surface area contributed by atoms with Crippen molar-refractivity contribution < 1.29 is 9.59 Å². The number of nitrogens with zero attached hydrogens (tertiary/aromatic N) is 1. The van der Waals surface area contributed by atoms with Crippen LogP contribution < -0.4 is 10.6 Å². The monoisotopic (exact) mass is 317 g/mol. The van der Waals surface area contributed by atoms with Crippen LogP contribution in [0.3, 0.4) is 0 Å². The fraction of sp³-hybridized carbons (Fsp3) is 0.556. The second kappa shape index (κ2) is 8.11. The summed E-state index contributed by atoms with van der Waals surface area (Å²) in [5.74, 6) is -0.243. The average molecular weight is 317 g/mol. The molecular formula is C18H27N3O2. The van der Waals surface area contributed by atoms with Crippen LogP contribution in [0.2, 0.25) is 0 Å². The number of rotatable bonds is 4. The van der Waals surface area contributed by atoms with E-state index in [-0.39, 0.29) is 5.91 Å². The molecule has 5 heteroatoms. The van der Waals surface area contributed by atoms with Crippen molar-refractivity contribution in [3.63, 3.8) is 0 Å². The lowest BCUT2D eigenvalue weighted by Gasteiger charge is -2.34. The molecule has 0 aliphatic carbocycles. The lowest BCUT2D eigenvalue weighted by atomic mass is 10.0. The number of benzene rings is 1. The zero-order chi connectivity index (χ0) is 16.8. The molecule has 1 fully saturated rings. The Morgan fingerprint density at radius 3 is 2.74 bits per heavy atom. The van der Waals surface area contributed by atoms with Gasteiger partial charge in [-0.2, -0.15) is 0 Å². The molecule has 0 saturated carbocycles. The topological polar surface area (TPSA) is 61.4 Å². The van der Waals surface area contributed by atoms with Crippen LogP contribution in [0, 0.1) is 13.8 Å². The second-order valence-corrected chi connectivity index (χ2v) is 6.35. The molecule has 1 aromatic rings. The van der Waals surface area contributed by atoms with Gasteiger partial charge in [-0.1, -0.05) is 31.0 Å². The van der Waals surface area contributed by atoms with Gasteiger partial charge in [0.2, 0.25) is 5.91 Å². The summed E-state index contributed by atoms with van der Waals surface area (Å²) in [6, 6.07) is 5.77. The maximum Gasteiger partial charge on any atom is 0.325 e. The van der Waals surface area contributed by atoms with E-state index < -0.39 is 6.03 Å². The number of piperidine rings is 1. The van der Waals surface area contributed by atoms with Gasteiger partial charge >= 0.3 is 6.03 Å². The van der Waals surface area contributed by atoms with E-state index in [4.69, 9.17) is 0 Å². The summed E-state index contributed by atoms with van der Waals surface area (Å²) in [6.45, 7) is 7.31. The lowest BCUT2D eigenvalue weighted by Crippen LogP contribution is -2.47. The molecule has 23 heavy (non-hydrogen) atoms. The van der Waals surface area contributed by atoms with Gasteiger partial charge in [0.1, 0.15) is 0 Å². The largest absolute Gasteiger partial charge is 0.325 e. The minimum Gasteiger partial charge on any atom is -0.307 e. The van der Waals surface area contributed by atoms with Gasteiger partial charge in [0.05, 0.1) is 6.54 Å². The minimum atomic E-state index is -0.466. The fourth-order valence-electron chi connectivity index (χ4n) is 3.19. The normalized spacial score (nSPS) is 18.5. The fourth-order valence-corrected chi connectivity index (χ4v) is 3.19. The molecule has 1 aliphatic rings. The Bertz CT molecular complexity index is 571. The summed E-state index contributed by atoms with van der Waals surface area (Å²) in [5.41, 5.74) is 2.85. The summed E-state index contributed by atoms with van der Waals surface area (Å²) in [7, 11) is 0. The van der Waals surface area contributed by atoms with E-state index in [1.54, 1.807) is 0 Å². The van der Waals surface area contributed by atoms with Gasteiger partial charge in [0, 0.05) is 11.7 Å². The molecule has 0 radical (unpaired) electrons. The van der Waals surface area contributed by atoms with Crippen LogP contribution in [-0.4, -0.2) is 36.0 Å².